The zero-order chi connectivity index (χ0) is 24.6. The van der Waals surface area contributed by atoms with E-state index >= 15 is 0 Å². The maximum Gasteiger partial charge on any atom is 0.410 e. The van der Waals surface area contributed by atoms with Gasteiger partial charge in [0.2, 0.25) is 0 Å². The molecule has 1 aromatic carbocycles. The molecule has 7 nitrogen and oxygen atoms in total. The largest absolute Gasteiger partial charge is 0.496 e. The number of rotatable bonds is 3. The summed E-state index contributed by atoms with van der Waals surface area (Å²) in [6.45, 7) is 11.7. The Hall–Kier alpha value is -3.19. The number of benzene rings is 1. The van der Waals surface area contributed by atoms with Crippen molar-refractivity contribution in [3.63, 3.8) is 0 Å². The number of likely N-dealkylation sites (N-methyl/N-ethyl adjacent to an activating group) is 1. The summed E-state index contributed by atoms with van der Waals surface area (Å²) < 4.78 is 11.3. The van der Waals surface area contributed by atoms with E-state index in [-0.39, 0.29) is 12.1 Å². The van der Waals surface area contributed by atoms with E-state index in [1.807, 2.05) is 51.1 Å². The van der Waals surface area contributed by atoms with Crippen LogP contribution in [0.3, 0.4) is 0 Å². The minimum atomic E-state index is -0.521. The average Bonchev–Trinajstić information content (AvgIpc) is 2.77. The number of fused-ring (bicyclic) bond motifs is 1. The second kappa shape index (κ2) is 9.22. The van der Waals surface area contributed by atoms with Crippen molar-refractivity contribution in [2.45, 2.75) is 46.3 Å². The molecule has 3 aromatic rings. The molecule has 34 heavy (non-hydrogen) atoms. The summed E-state index contributed by atoms with van der Waals surface area (Å²) in [6.07, 6.45) is -0.284. The summed E-state index contributed by atoms with van der Waals surface area (Å²) >= 11 is 0. The van der Waals surface area contributed by atoms with E-state index in [1.54, 1.807) is 12.0 Å². The lowest BCUT2D eigenvalue weighted by Gasteiger charge is -2.39. The Kier molecular flexibility index (Phi) is 6.49. The Morgan fingerprint density at radius 3 is 2.50 bits per heavy atom. The Balaban J connectivity index is 1.68. The van der Waals surface area contributed by atoms with Gasteiger partial charge in [-0.15, -0.1) is 0 Å². The fourth-order valence-corrected chi connectivity index (χ4v) is 4.44. The lowest BCUT2D eigenvalue weighted by molar-refractivity contribution is 0.00702. The van der Waals surface area contributed by atoms with Crippen LogP contribution in [-0.2, 0) is 4.74 Å². The number of pyridine rings is 2. The monoisotopic (exact) mass is 462 g/mol. The number of carbonyl (C=O) groups is 1. The number of aryl methyl sites for hydroxylation is 2. The number of methoxy groups -OCH3 is 1. The zero-order valence-electron chi connectivity index (χ0n) is 21.2. The van der Waals surface area contributed by atoms with Crippen LogP contribution in [0.5, 0.6) is 5.75 Å². The van der Waals surface area contributed by atoms with Gasteiger partial charge in [-0.05, 0) is 83.1 Å². The smallest absolute Gasteiger partial charge is 0.410 e. The molecular weight excluding hydrogens is 428 g/mol. The van der Waals surface area contributed by atoms with Crippen LogP contribution in [0, 0.1) is 13.8 Å². The van der Waals surface area contributed by atoms with Crippen LogP contribution in [0.1, 0.15) is 43.6 Å². The van der Waals surface area contributed by atoms with Crippen LogP contribution in [0.15, 0.2) is 36.4 Å². The van der Waals surface area contributed by atoms with Crippen molar-refractivity contribution >= 4 is 17.1 Å². The average molecular weight is 463 g/mol. The van der Waals surface area contributed by atoms with E-state index in [0.29, 0.717) is 18.7 Å². The third-order valence-electron chi connectivity index (χ3n) is 6.13. The van der Waals surface area contributed by atoms with Gasteiger partial charge in [-0.3, -0.25) is 4.90 Å². The quantitative estimate of drug-likeness (QED) is 0.537. The van der Waals surface area contributed by atoms with Crippen molar-refractivity contribution in [3.8, 4) is 17.0 Å². The van der Waals surface area contributed by atoms with Gasteiger partial charge in [0.1, 0.15) is 11.4 Å². The third-order valence-corrected chi connectivity index (χ3v) is 6.13. The fraction of sp³-hybridized carbons (Fsp3) is 0.444. The Morgan fingerprint density at radius 2 is 1.79 bits per heavy atom. The number of hydrogen-bond donors (Lipinski definition) is 0. The summed E-state index contributed by atoms with van der Waals surface area (Å²) in [5.41, 5.74) is 5.12. The highest BCUT2D eigenvalue weighted by atomic mass is 16.6. The van der Waals surface area contributed by atoms with Crippen LogP contribution in [0.25, 0.3) is 22.3 Å². The topological polar surface area (TPSA) is 67.8 Å². The molecule has 0 radical (unpaired) electrons. The number of nitrogens with zero attached hydrogens (tertiary/aromatic N) is 4. The van der Waals surface area contributed by atoms with Crippen molar-refractivity contribution in [3.05, 3.63) is 53.2 Å². The SMILES string of the molecule is COc1cc(C)cc(C)c1-c1ccc2ccc(C3CN(C(=O)OC(C)(C)C)CCN3C)nc2n1. The van der Waals surface area contributed by atoms with E-state index in [4.69, 9.17) is 19.4 Å². The predicted molar refractivity (Wildman–Crippen MR) is 134 cm³/mol. The van der Waals surface area contributed by atoms with Gasteiger partial charge < -0.3 is 14.4 Å². The summed E-state index contributed by atoms with van der Waals surface area (Å²) in [4.78, 5) is 26.5. The van der Waals surface area contributed by atoms with Crippen LogP contribution >= 0.6 is 0 Å². The first kappa shape index (κ1) is 24.0. The molecule has 1 aliphatic heterocycles. The number of piperazine rings is 1. The van der Waals surface area contributed by atoms with Crippen molar-refractivity contribution in [1.82, 2.24) is 19.8 Å². The molecule has 1 aliphatic rings. The van der Waals surface area contributed by atoms with E-state index in [0.717, 1.165) is 45.8 Å². The third kappa shape index (κ3) is 4.99. The van der Waals surface area contributed by atoms with Gasteiger partial charge in [-0.1, -0.05) is 6.07 Å². The normalized spacial score (nSPS) is 17.1. The van der Waals surface area contributed by atoms with Crippen molar-refractivity contribution in [2.75, 3.05) is 33.8 Å². The minimum Gasteiger partial charge on any atom is -0.496 e. The Labute approximate surface area is 201 Å². The maximum absolute atomic E-state index is 12.7. The van der Waals surface area contributed by atoms with Crippen LogP contribution in [0.4, 0.5) is 4.79 Å². The number of carbonyl (C=O) groups excluding carboxylic acids is 1. The zero-order valence-corrected chi connectivity index (χ0v) is 21.2. The van der Waals surface area contributed by atoms with Gasteiger partial charge in [-0.25, -0.2) is 14.8 Å². The lowest BCUT2D eigenvalue weighted by Crippen LogP contribution is -2.50. The molecule has 7 heteroatoms. The highest BCUT2D eigenvalue weighted by Gasteiger charge is 2.32. The van der Waals surface area contributed by atoms with E-state index in [2.05, 4.69) is 31.9 Å². The first-order valence-corrected chi connectivity index (χ1v) is 11.7. The molecule has 0 N–H and O–H groups in total. The standard InChI is InChI=1S/C27H34N4O3/c1-17-14-18(2)24(23(15-17)33-7)21-11-9-19-8-10-20(28-25(19)29-21)22-16-31(13-12-30(22)6)26(32)34-27(3,4)5/h8-11,14-15,22H,12-13,16H2,1-7H3. The lowest BCUT2D eigenvalue weighted by atomic mass is 10.0. The van der Waals surface area contributed by atoms with Gasteiger partial charge >= 0.3 is 6.09 Å². The Morgan fingerprint density at radius 1 is 1.06 bits per heavy atom. The maximum atomic E-state index is 12.7. The summed E-state index contributed by atoms with van der Waals surface area (Å²) in [7, 11) is 3.75. The molecule has 0 saturated carbocycles. The molecule has 0 aliphatic carbocycles. The molecule has 2 aromatic heterocycles. The van der Waals surface area contributed by atoms with Crippen molar-refractivity contribution < 1.29 is 14.3 Å². The van der Waals surface area contributed by atoms with Crippen LogP contribution in [-0.4, -0.2) is 65.3 Å². The highest BCUT2D eigenvalue weighted by molar-refractivity contribution is 5.81. The Bertz CT molecular complexity index is 1220. The molecule has 0 bridgehead atoms. The molecule has 0 spiro atoms. The number of ether oxygens (including phenoxy) is 2. The van der Waals surface area contributed by atoms with E-state index < -0.39 is 5.60 Å². The van der Waals surface area contributed by atoms with Gasteiger partial charge in [0.25, 0.3) is 0 Å². The number of hydrogen-bond acceptors (Lipinski definition) is 6. The molecule has 1 unspecified atom stereocenters. The first-order valence-electron chi connectivity index (χ1n) is 11.7. The molecule has 180 valence electrons. The minimum absolute atomic E-state index is 0.0354. The number of amides is 1. The fourth-order valence-electron chi connectivity index (χ4n) is 4.44. The van der Waals surface area contributed by atoms with Gasteiger partial charge in [0.15, 0.2) is 5.65 Å². The summed E-state index contributed by atoms with van der Waals surface area (Å²) in [5, 5.41) is 0.971. The van der Waals surface area contributed by atoms with Crippen molar-refractivity contribution in [1.29, 1.82) is 0 Å². The van der Waals surface area contributed by atoms with Gasteiger partial charge in [-0.2, -0.15) is 0 Å². The van der Waals surface area contributed by atoms with Crippen LogP contribution in [0.2, 0.25) is 0 Å². The molecule has 1 saturated heterocycles. The number of aromatic nitrogens is 2. The van der Waals surface area contributed by atoms with Crippen molar-refractivity contribution in [2.24, 2.45) is 0 Å². The van der Waals surface area contributed by atoms with Gasteiger partial charge in [0.05, 0.1) is 24.5 Å². The molecule has 3 heterocycles. The predicted octanol–water partition coefficient (Wildman–Crippen LogP) is 5.15. The van der Waals surface area contributed by atoms with E-state index in [9.17, 15) is 4.79 Å². The van der Waals surface area contributed by atoms with Crippen LogP contribution < -0.4 is 4.74 Å². The molecule has 1 atom stereocenters. The van der Waals surface area contributed by atoms with E-state index in [1.165, 1.54) is 0 Å². The molecule has 4 rings (SSSR count). The second-order valence-corrected chi connectivity index (χ2v) is 10.1. The second-order valence-electron chi connectivity index (χ2n) is 10.1. The first-order chi connectivity index (χ1) is 16.1. The van der Waals surface area contributed by atoms with Gasteiger partial charge in [0, 0.05) is 30.6 Å². The molecule has 1 amide bonds. The molecule has 1 fully saturated rings. The summed E-state index contributed by atoms with van der Waals surface area (Å²) in [5.74, 6) is 0.806. The summed E-state index contributed by atoms with van der Waals surface area (Å²) in [6, 6.07) is 12.3. The molecular formula is C27H34N4O3. The highest BCUT2D eigenvalue weighted by Crippen LogP contribution is 2.34.